The molecule has 4 nitrogen and oxygen atoms in total. The molecule has 0 aromatic carbocycles. The van der Waals surface area contributed by atoms with E-state index < -0.39 is 0 Å². The fourth-order valence-electron chi connectivity index (χ4n) is 4.50. The number of nitrogens with zero attached hydrogens (tertiary/aromatic N) is 1. The molecule has 0 amide bonds. The lowest BCUT2D eigenvalue weighted by molar-refractivity contribution is 0.0606. The summed E-state index contributed by atoms with van der Waals surface area (Å²) < 4.78 is 11.7. The number of rotatable bonds is 7. The smallest absolute Gasteiger partial charge is 0.213 e. The molecule has 1 aliphatic heterocycles. The lowest BCUT2D eigenvalue weighted by Gasteiger charge is -2.39. The number of hydrogen-bond donors (Lipinski definition) is 1. The van der Waals surface area contributed by atoms with Crippen LogP contribution in [0.3, 0.4) is 0 Å². The van der Waals surface area contributed by atoms with Crippen molar-refractivity contribution in [2.45, 2.75) is 51.5 Å². The molecule has 5 unspecified atom stereocenters. The Morgan fingerprint density at radius 1 is 1.23 bits per heavy atom. The molecular weight excluding hydrogens is 419 g/mol. The average molecular weight is 453 g/mol. The van der Waals surface area contributed by atoms with Crippen molar-refractivity contribution in [3.63, 3.8) is 0 Å². The third kappa shape index (κ3) is 6.00. The standard InChI is InChI=1S/C24H34Cl2N2O2/c1-15(2)19-14-27-12-17(4)23(19)18-6-8-22(28-13-18)29-9-10-30-24-20(25)7-5-16(3)11-21(24)26/h6-8,11,13,15,17,19,21,23-24,27H,5,9-10,12,14H2,1-4H3. The van der Waals surface area contributed by atoms with Crippen LogP contribution in [0.15, 0.2) is 41.1 Å². The molecule has 1 aliphatic carbocycles. The Hall–Kier alpha value is -1.07. The summed E-state index contributed by atoms with van der Waals surface area (Å²) in [7, 11) is 0. The minimum atomic E-state index is -0.334. The number of aromatic nitrogens is 1. The largest absolute Gasteiger partial charge is 0.475 e. The van der Waals surface area contributed by atoms with Crippen molar-refractivity contribution in [3.8, 4) is 5.88 Å². The van der Waals surface area contributed by atoms with Gasteiger partial charge in [-0.3, -0.25) is 0 Å². The first-order chi connectivity index (χ1) is 14.4. The van der Waals surface area contributed by atoms with E-state index in [1.165, 1.54) is 11.1 Å². The third-order valence-electron chi connectivity index (χ3n) is 6.18. The highest BCUT2D eigenvalue weighted by Gasteiger charge is 2.33. The highest BCUT2D eigenvalue weighted by atomic mass is 35.5. The van der Waals surface area contributed by atoms with Crippen LogP contribution < -0.4 is 10.1 Å². The average Bonchev–Trinajstić information content (AvgIpc) is 2.83. The number of allylic oxidation sites excluding steroid dienone is 2. The van der Waals surface area contributed by atoms with Crippen LogP contribution in [0.4, 0.5) is 0 Å². The van der Waals surface area contributed by atoms with Crippen LogP contribution in [0, 0.1) is 17.8 Å². The van der Waals surface area contributed by atoms with E-state index in [2.05, 4.69) is 37.1 Å². The molecule has 2 heterocycles. The summed E-state index contributed by atoms with van der Waals surface area (Å²) in [4.78, 5) is 4.55. The van der Waals surface area contributed by atoms with Crippen LogP contribution in [0.5, 0.6) is 5.88 Å². The van der Waals surface area contributed by atoms with E-state index in [9.17, 15) is 0 Å². The Bertz CT molecular complexity index is 748. The Balaban J connectivity index is 1.52. The first-order valence-corrected chi connectivity index (χ1v) is 11.8. The zero-order valence-corrected chi connectivity index (χ0v) is 19.9. The summed E-state index contributed by atoms with van der Waals surface area (Å²) in [5.74, 6) is 2.98. The minimum absolute atomic E-state index is 0.269. The van der Waals surface area contributed by atoms with Gasteiger partial charge in [-0.1, -0.05) is 56.2 Å². The molecule has 166 valence electrons. The fourth-order valence-corrected chi connectivity index (χ4v) is 5.26. The van der Waals surface area contributed by atoms with Crippen molar-refractivity contribution in [3.05, 3.63) is 46.7 Å². The first kappa shape index (κ1) is 23.6. The van der Waals surface area contributed by atoms with Crippen LogP contribution in [-0.2, 0) is 4.74 Å². The minimum Gasteiger partial charge on any atom is -0.475 e. The van der Waals surface area contributed by atoms with Gasteiger partial charge in [0.15, 0.2) is 0 Å². The molecule has 3 rings (SSSR count). The van der Waals surface area contributed by atoms with E-state index in [1.54, 1.807) is 0 Å². The zero-order chi connectivity index (χ0) is 21.7. The van der Waals surface area contributed by atoms with Gasteiger partial charge >= 0.3 is 0 Å². The summed E-state index contributed by atoms with van der Waals surface area (Å²) in [6.07, 6.45) is 6.42. The van der Waals surface area contributed by atoms with Crippen molar-refractivity contribution in [1.82, 2.24) is 10.3 Å². The monoisotopic (exact) mass is 452 g/mol. The molecule has 0 spiro atoms. The second-order valence-electron chi connectivity index (χ2n) is 8.89. The predicted molar refractivity (Wildman–Crippen MR) is 125 cm³/mol. The first-order valence-electron chi connectivity index (χ1n) is 10.9. The van der Waals surface area contributed by atoms with Gasteiger partial charge in [0, 0.05) is 17.3 Å². The van der Waals surface area contributed by atoms with Gasteiger partial charge < -0.3 is 14.8 Å². The topological polar surface area (TPSA) is 43.4 Å². The summed E-state index contributed by atoms with van der Waals surface area (Å²) in [6.45, 7) is 11.9. The summed E-state index contributed by atoms with van der Waals surface area (Å²) in [5, 5.41) is 3.95. The van der Waals surface area contributed by atoms with Crippen LogP contribution in [0.25, 0.3) is 0 Å². The molecule has 1 aromatic heterocycles. The zero-order valence-electron chi connectivity index (χ0n) is 18.4. The van der Waals surface area contributed by atoms with Crippen LogP contribution >= 0.6 is 23.2 Å². The number of hydrogen-bond acceptors (Lipinski definition) is 4. The number of piperidine rings is 1. The number of alkyl halides is 1. The highest BCUT2D eigenvalue weighted by molar-refractivity contribution is 6.32. The van der Waals surface area contributed by atoms with Gasteiger partial charge in [0.25, 0.3) is 0 Å². The fraction of sp³-hybridized carbons (Fsp3) is 0.625. The maximum atomic E-state index is 6.43. The maximum absolute atomic E-state index is 6.43. The molecule has 2 aliphatic rings. The predicted octanol–water partition coefficient (Wildman–Crippen LogP) is 5.52. The maximum Gasteiger partial charge on any atom is 0.213 e. The molecule has 1 saturated heterocycles. The quantitative estimate of drug-likeness (QED) is 0.335. The van der Waals surface area contributed by atoms with E-state index in [-0.39, 0.29) is 11.5 Å². The lowest BCUT2D eigenvalue weighted by Crippen LogP contribution is -2.43. The number of ether oxygens (including phenoxy) is 2. The molecule has 1 aromatic rings. The molecule has 0 saturated carbocycles. The van der Waals surface area contributed by atoms with Gasteiger partial charge in [-0.05, 0) is 55.7 Å². The molecule has 5 atom stereocenters. The summed E-state index contributed by atoms with van der Waals surface area (Å²) >= 11 is 12.8. The molecule has 6 heteroatoms. The van der Waals surface area contributed by atoms with E-state index in [0.717, 1.165) is 19.5 Å². The van der Waals surface area contributed by atoms with E-state index in [4.69, 9.17) is 32.7 Å². The Kier molecular flexibility index (Phi) is 8.64. The van der Waals surface area contributed by atoms with Gasteiger partial charge in [0.1, 0.15) is 12.7 Å². The molecular formula is C24H34Cl2N2O2. The Morgan fingerprint density at radius 3 is 2.73 bits per heavy atom. The molecule has 0 bridgehead atoms. The van der Waals surface area contributed by atoms with Crippen molar-refractivity contribution in [2.75, 3.05) is 26.3 Å². The Labute approximate surface area is 191 Å². The third-order valence-corrected chi connectivity index (χ3v) is 6.90. The summed E-state index contributed by atoms with van der Waals surface area (Å²) in [5.41, 5.74) is 2.50. The number of nitrogens with one attached hydrogen (secondary N) is 1. The van der Waals surface area contributed by atoms with Gasteiger partial charge in [0.2, 0.25) is 5.88 Å². The van der Waals surface area contributed by atoms with Crippen molar-refractivity contribution in [1.29, 1.82) is 0 Å². The number of pyridine rings is 1. The summed E-state index contributed by atoms with van der Waals surface area (Å²) in [6, 6.07) is 4.13. The van der Waals surface area contributed by atoms with Crippen LogP contribution in [0.2, 0.25) is 0 Å². The van der Waals surface area contributed by atoms with Gasteiger partial charge in [0.05, 0.1) is 12.0 Å². The molecule has 1 N–H and O–H groups in total. The second kappa shape index (κ2) is 11.0. The van der Waals surface area contributed by atoms with E-state index in [0.29, 0.717) is 47.8 Å². The Morgan fingerprint density at radius 2 is 2.03 bits per heavy atom. The van der Waals surface area contributed by atoms with Crippen molar-refractivity contribution < 1.29 is 9.47 Å². The van der Waals surface area contributed by atoms with Crippen LogP contribution in [-0.4, -0.2) is 42.8 Å². The lowest BCUT2D eigenvalue weighted by atomic mass is 9.71. The van der Waals surface area contributed by atoms with Gasteiger partial charge in [-0.15, -0.1) is 11.6 Å². The van der Waals surface area contributed by atoms with E-state index >= 15 is 0 Å². The molecule has 0 radical (unpaired) electrons. The molecule has 30 heavy (non-hydrogen) atoms. The van der Waals surface area contributed by atoms with Crippen molar-refractivity contribution in [2.24, 2.45) is 17.8 Å². The number of halogens is 2. The molecule has 1 fully saturated rings. The van der Waals surface area contributed by atoms with Gasteiger partial charge in [-0.2, -0.15) is 0 Å². The SMILES string of the molecule is CC1=CC(Cl)C(OCCOc2ccc(C3C(C)CNCC3C(C)C)cn2)C(Cl)=CC1. The normalized spacial score (nSPS) is 29.9. The van der Waals surface area contributed by atoms with Crippen molar-refractivity contribution >= 4 is 23.2 Å². The second-order valence-corrected chi connectivity index (χ2v) is 9.83. The van der Waals surface area contributed by atoms with E-state index in [1.807, 2.05) is 31.3 Å². The highest BCUT2D eigenvalue weighted by Crippen LogP contribution is 2.38. The van der Waals surface area contributed by atoms with Gasteiger partial charge in [-0.25, -0.2) is 4.98 Å². The van der Waals surface area contributed by atoms with Crippen LogP contribution in [0.1, 0.15) is 45.6 Å².